The summed E-state index contributed by atoms with van der Waals surface area (Å²) in [6, 6.07) is 30.1. The van der Waals surface area contributed by atoms with Crippen LogP contribution in [-0.4, -0.2) is 21.8 Å². The second kappa shape index (κ2) is 8.24. The molecule has 1 aliphatic rings. The predicted molar refractivity (Wildman–Crippen MR) is 128 cm³/mol. The monoisotopic (exact) mass is 434 g/mol. The van der Waals surface area contributed by atoms with Crippen molar-refractivity contribution < 1.29 is 4.79 Å². The van der Waals surface area contributed by atoms with Gasteiger partial charge in [0.1, 0.15) is 0 Å². The molecule has 0 saturated heterocycles. The Morgan fingerprint density at radius 3 is 2.06 bits per heavy atom. The van der Waals surface area contributed by atoms with Gasteiger partial charge in [0.15, 0.2) is 11.5 Å². The number of benzene rings is 3. The van der Waals surface area contributed by atoms with Crippen molar-refractivity contribution in [3.05, 3.63) is 130 Å². The number of aromatic amines is 1. The molecule has 0 unspecified atom stereocenters. The lowest BCUT2D eigenvalue weighted by molar-refractivity contribution is -0.130. The SMILES string of the molecule is NC1=NC(c2ccccc2)(c2ccccc2)C(=O)N1Cc1cccc(-c2cc[nH]c(=O)c2)c1. The Morgan fingerprint density at radius 1 is 0.788 bits per heavy atom. The van der Waals surface area contributed by atoms with Crippen LogP contribution >= 0.6 is 0 Å². The van der Waals surface area contributed by atoms with Gasteiger partial charge < -0.3 is 10.7 Å². The highest BCUT2D eigenvalue weighted by Gasteiger charge is 2.50. The summed E-state index contributed by atoms with van der Waals surface area (Å²) in [4.78, 5) is 34.5. The smallest absolute Gasteiger partial charge is 0.266 e. The molecule has 6 heteroatoms. The average Bonchev–Trinajstić information content (AvgIpc) is 3.11. The number of carbonyl (C=O) groups excluding carboxylic acids is 1. The molecule has 1 amide bonds. The Bertz CT molecular complexity index is 1350. The number of aromatic nitrogens is 1. The van der Waals surface area contributed by atoms with Crippen molar-refractivity contribution in [1.29, 1.82) is 0 Å². The third-order valence-electron chi connectivity index (χ3n) is 5.87. The summed E-state index contributed by atoms with van der Waals surface area (Å²) in [5.41, 5.74) is 9.06. The first-order chi connectivity index (χ1) is 16.1. The molecule has 0 bridgehead atoms. The number of pyridine rings is 1. The number of aliphatic imine (C=N–C) groups is 1. The van der Waals surface area contributed by atoms with Gasteiger partial charge in [-0.3, -0.25) is 14.5 Å². The number of hydrogen-bond donors (Lipinski definition) is 2. The molecule has 0 radical (unpaired) electrons. The van der Waals surface area contributed by atoms with E-state index in [1.165, 1.54) is 4.90 Å². The minimum atomic E-state index is -1.23. The molecule has 5 rings (SSSR count). The van der Waals surface area contributed by atoms with Gasteiger partial charge in [0, 0.05) is 12.3 Å². The number of H-pyrrole nitrogens is 1. The highest BCUT2D eigenvalue weighted by molar-refractivity contribution is 6.09. The van der Waals surface area contributed by atoms with Gasteiger partial charge >= 0.3 is 0 Å². The second-order valence-corrected chi connectivity index (χ2v) is 7.95. The fraction of sp³-hybridized carbons (Fsp3) is 0.0741. The Morgan fingerprint density at radius 2 is 1.42 bits per heavy atom. The zero-order valence-electron chi connectivity index (χ0n) is 17.8. The van der Waals surface area contributed by atoms with Crippen molar-refractivity contribution >= 4 is 11.9 Å². The molecule has 3 aromatic carbocycles. The molecule has 0 aliphatic carbocycles. The average molecular weight is 434 g/mol. The topological polar surface area (TPSA) is 91.5 Å². The lowest BCUT2D eigenvalue weighted by Crippen LogP contribution is -2.43. The first-order valence-electron chi connectivity index (χ1n) is 10.6. The van der Waals surface area contributed by atoms with Crippen LogP contribution in [0.4, 0.5) is 0 Å². The van der Waals surface area contributed by atoms with Crippen LogP contribution in [0.2, 0.25) is 0 Å². The van der Waals surface area contributed by atoms with E-state index in [1.54, 1.807) is 12.3 Å². The summed E-state index contributed by atoms with van der Waals surface area (Å²) in [7, 11) is 0. The number of nitrogens with zero attached hydrogens (tertiary/aromatic N) is 2. The number of hydrogen-bond acceptors (Lipinski definition) is 4. The molecule has 0 fully saturated rings. The number of guanidine groups is 1. The first kappa shape index (κ1) is 20.5. The molecule has 0 saturated carbocycles. The van der Waals surface area contributed by atoms with Crippen molar-refractivity contribution in [1.82, 2.24) is 9.88 Å². The van der Waals surface area contributed by atoms with Crippen LogP contribution in [0.15, 0.2) is 113 Å². The molecule has 162 valence electrons. The summed E-state index contributed by atoms with van der Waals surface area (Å²) >= 11 is 0. The molecule has 0 spiro atoms. The fourth-order valence-electron chi connectivity index (χ4n) is 4.29. The van der Waals surface area contributed by atoms with Crippen molar-refractivity contribution in [3.8, 4) is 11.1 Å². The summed E-state index contributed by atoms with van der Waals surface area (Å²) in [6.07, 6.45) is 1.62. The number of amides is 1. The van der Waals surface area contributed by atoms with E-state index in [0.717, 1.165) is 27.8 Å². The van der Waals surface area contributed by atoms with Crippen LogP contribution in [0.1, 0.15) is 16.7 Å². The molecule has 1 aromatic heterocycles. The molecule has 2 heterocycles. The summed E-state index contributed by atoms with van der Waals surface area (Å²) in [5, 5.41) is 0. The van der Waals surface area contributed by atoms with Crippen LogP contribution in [0.3, 0.4) is 0 Å². The molecular formula is C27H22N4O2. The number of rotatable bonds is 5. The van der Waals surface area contributed by atoms with Crippen LogP contribution in [0.25, 0.3) is 11.1 Å². The zero-order chi connectivity index (χ0) is 22.8. The Hall–Kier alpha value is -4.45. The normalized spacial score (nSPS) is 14.8. The van der Waals surface area contributed by atoms with Crippen molar-refractivity contribution in [3.63, 3.8) is 0 Å². The number of nitrogens with one attached hydrogen (secondary N) is 1. The van der Waals surface area contributed by atoms with E-state index in [9.17, 15) is 9.59 Å². The van der Waals surface area contributed by atoms with Crippen molar-refractivity contribution in [2.75, 3.05) is 0 Å². The minimum Gasteiger partial charge on any atom is -0.369 e. The van der Waals surface area contributed by atoms with Crippen molar-refractivity contribution in [2.24, 2.45) is 10.7 Å². The van der Waals surface area contributed by atoms with Gasteiger partial charge in [0.2, 0.25) is 5.56 Å². The standard InChI is InChI=1S/C27H22N4O2/c28-26-30-27(22-10-3-1-4-11-22,23-12-5-2-6-13-23)25(33)31(26)18-19-8-7-9-20(16-19)21-14-15-29-24(32)17-21/h1-17H,18H2,(H2,28,30)(H,29,32). The van der Waals surface area contributed by atoms with Gasteiger partial charge in [-0.1, -0.05) is 78.9 Å². The maximum atomic E-state index is 13.9. The maximum Gasteiger partial charge on any atom is 0.266 e. The third-order valence-corrected chi connectivity index (χ3v) is 5.87. The van der Waals surface area contributed by atoms with E-state index in [-0.39, 0.29) is 24.0 Å². The predicted octanol–water partition coefficient (Wildman–Crippen LogP) is 3.64. The molecule has 3 N–H and O–H groups in total. The van der Waals surface area contributed by atoms with Crippen molar-refractivity contribution in [2.45, 2.75) is 12.1 Å². The molecule has 4 aromatic rings. The summed E-state index contributed by atoms with van der Waals surface area (Å²) < 4.78 is 0. The molecule has 6 nitrogen and oxygen atoms in total. The maximum absolute atomic E-state index is 13.9. The fourth-order valence-corrected chi connectivity index (χ4v) is 4.29. The van der Waals surface area contributed by atoms with E-state index in [1.807, 2.05) is 91.0 Å². The third kappa shape index (κ3) is 3.61. The Balaban J connectivity index is 1.53. The van der Waals surface area contributed by atoms with Gasteiger partial charge in [-0.2, -0.15) is 0 Å². The van der Waals surface area contributed by atoms with E-state index in [0.29, 0.717) is 0 Å². The minimum absolute atomic E-state index is 0.167. The molecule has 33 heavy (non-hydrogen) atoms. The first-order valence-corrected chi connectivity index (χ1v) is 10.6. The number of nitrogens with two attached hydrogens (primary N) is 1. The number of carbonyl (C=O) groups is 1. The Kier molecular flexibility index (Phi) is 5.11. The van der Waals surface area contributed by atoms with Gasteiger partial charge in [0.25, 0.3) is 5.91 Å². The second-order valence-electron chi connectivity index (χ2n) is 7.95. The van der Waals surface area contributed by atoms with E-state index >= 15 is 0 Å². The summed E-state index contributed by atoms with van der Waals surface area (Å²) in [6.45, 7) is 0.270. The lowest BCUT2D eigenvalue weighted by atomic mass is 9.83. The van der Waals surface area contributed by atoms with Crippen LogP contribution in [0, 0.1) is 0 Å². The molecule has 0 atom stereocenters. The quantitative estimate of drug-likeness (QED) is 0.502. The van der Waals surface area contributed by atoms with E-state index in [4.69, 9.17) is 10.7 Å². The van der Waals surface area contributed by atoms with Crippen LogP contribution in [0.5, 0.6) is 0 Å². The van der Waals surface area contributed by atoms with Gasteiger partial charge in [-0.15, -0.1) is 0 Å². The van der Waals surface area contributed by atoms with Gasteiger partial charge in [-0.05, 0) is 39.9 Å². The largest absolute Gasteiger partial charge is 0.369 e. The highest BCUT2D eigenvalue weighted by Crippen LogP contribution is 2.40. The Labute approximate surface area is 191 Å². The van der Waals surface area contributed by atoms with Gasteiger partial charge in [0.05, 0.1) is 6.54 Å². The van der Waals surface area contributed by atoms with E-state index < -0.39 is 5.54 Å². The lowest BCUT2D eigenvalue weighted by Gasteiger charge is -2.27. The van der Waals surface area contributed by atoms with Crippen LogP contribution in [-0.2, 0) is 16.9 Å². The van der Waals surface area contributed by atoms with Gasteiger partial charge in [-0.25, -0.2) is 4.99 Å². The molecule has 1 aliphatic heterocycles. The van der Waals surface area contributed by atoms with E-state index in [2.05, 4.69) is 4.98 Å². The zero-order valence-corrected chi connectivity index (χ0v) is 17.8. The highest BCUT2D eigenvalue weighted by atomic mass is 16.2. The molecular weight excluding hydrogens is 412 g/mol. The van der Waals surface area contributed by atoms with Crippen LogP contribution < -0.4 is 11.3 Å². The summed E-state index contributed by atoms with van der Waals surface area (Å²) in [5.74, 6) is -0.0202.